The quantitative estimate of drug-likeness (QED) is 0.630. The van der Waals surface area contributed by atoms with Crippen LogP contribution in [0, 0.1) is 5.41 Å². The SMILES string of the molecule is CCC1(C(=O)NCCOCCN(C)C)CCNCC1. The van der Waals surface area contributed by atoms with E-state index in [2.05, 4.69) is 22.5 Å². The van der Waals surface area contributed by atoms with Crippen molar-refractivity contribution >= 4 is 5.91 Å². The lowest BCUT2D eigenvalue weighted by Gasteiger charge is -2.35. The number of nitrogens with one attached hydrogen (secondary N) is 2. The summed E-state index contributed by atoms with van der Waals surface area (Å²) in [5.74, 6) is 0.202. The summed E-state index contributed by atoms with van der Waals surface area (Å²) in [5, 5.41) is 6.34. The Kier molecular flexibility index (Phi) is 7.34. The van der Waals surface area contributed by atoms with Crippen LogP contribution in [0.15, 0.2) is 0 Å². The first-order chi connectivity index (χ1) is 9.10. The number of likely N-dealkylation sites (N-methyl/N-ethyl adjacent to an activating group) is 1. The Morgan fingerprint density at radius 2 is 2.00 bits per heavy atom. The molecule has 0 radical (unpaired) electrons. The van der Waals surface area contributed by atoms with Crippen molar-refractivity contribution in [3.63, 3.8) is 0 Å². The molecule has 0 spiro atoms. The van der Waals surface area contributed by atoms with Gasteiger partial charge in [-0.25, -0.2) is 0 Å². The van der Waals surface area contributed by atoms with E-state index in [0.717, 1.165) is 38.9 Å². The van der Waals surface area contributed by atoms with Crippen molar-refractivity contribution in [1.82, 2.24) is 15.5 Å². The number of carbonyl (C=O) groups is 1. The fourth-order valence-corrected chi connectivity index (χ4v) is 2.42. The van der Waals surface area contributed by atoms with Crippen LogP contribution >= 0.6 is 0 Å². The number of hydrogen-bond donors (Lipinski definition) is 2. The third-order valence-corrected chi connectivity index (χ3v) is 3.93. The molecule has 0 aliphatic carbocycles. The van der Waals surface area contributed by atoms with E-state index in [4.69, 9.17) is 4.74 Å². The van der Waals surface area contributed by atoms with E-state index in [1.165, 1.54) is 0 Å². The minimum atomic E-state index is -0.158. The first kappa shape index (κ1) is 16.4. The molecule has 0 unspecified atom stereocenters. The van der Waals surface area contributed by atoms with Gasteiger partial charge in [-0.15, -0.1) is 0 Å². The van der Waals surface area contributed by atoms with Gasteiger partial charge in [-0.05, 0) is 46.4 Å². The van der Waals surface area contributed by atoms with Gasteiger partial charge in [0, 0.05) is 13.1 Å². The van der Waals surface area contributed by atoms with Crippen LogP contribution in [-0.2, 0) is 9.53 Å². The molecule has 0 aromatic carbocycles. The van der Waals surface area contributed by atoms with Crippen molar-refractivity contribution < 1.29 is 9.53 Å². The third kappa shape index (κ3) is 5.47. The fourth-order valence-electron chi connectivity index (χ4n) is 2.42. The zero-order valence-electron chi connectivity index (χ0n) is 12.6. The topological polar surface area (TPSA) is 53.6 Å². The average molecular weight is 271 g/mol. The molecule has 19 heavy (non-hydrogen) atoms. The van der Waals surface area contributed by atoms with E-state index in [0.29, 0.717) is 19.8 Å². The molecule has 0 atom stereocenters. The Balaban J connectivity index is 2.18. The normalized spacial score (nSPS) is 18.5. The second-order valence-corrected chi connectivity index (χ2v) is 5.56. The highest BCUT2D eigenvalue weighted by molar-refractivity contribution is 5.82. The molecule has 2 N–H and O–H groups in total. The monoisotopic (exact) mass is 271 g/mol. The molecule has 1 heterocycles. The Morgan fingerprint density at radius 3 is 2.58 bits per heavy atom. The Bertz CT molecular complexity index is 263. The van der Waals surface area contributed by atoms with Crippen molar-refractivity contribution in [2.24, 2.45) is 5.41 Å². The van der Waals surface area contributed by atoms with Crippen molar-refractivity contribution in [3.05, 3.63) is 0 Å². The highest BCUT2D eigenvalue weighted by atomic mass is 16.5. The largest absolute Gasteiger partial charge is 0.378 e. The molecule has 0 aromatic rings. The van der Waals surface area contributed by atoms with E-state index in [1.807, 2.05) is 14.1 Å². The molecule has 1 aliphatic rings. The number of hydrogen-bond acceptors (Lipinski definition) is 4. The summed E-state index contributed by atoms with van der Waals surface area (Å²) in [6, 6.07) is 0. The highest BCUT2D eigenvalue weighted by Gasteiger charge is 2.37. The summed E-state index contributed by atoms with van der Waals surface area (Å²) >= 11 is 0. The summed E-state index contributed by atoms with van der Waals surface area (Å²) in [5.41, 5.74) is -0.158. The molecule has 1 aliphatic heterocycles. The summed E-state index contributed by atoms with van der Waals surface area (Å²) in [6.45, 7) is 6.84. The number of rotatable bonds is 8. The second kappa shape index (κ2) is 8.51. The van der Waals surface area contributed by atoms with Gasteiger partial charge < -0.3 is 20.3 Å². The first-order valence-corrected chi connectivity index (χ1v) is 7.32. The van der Waals surface area contributed by atoms with Gasteiger partial charge in [0.25, 0.3) is 0 Å². The van der Waals surface area contributed by atoms with Gasteiger partial charge in [0.15, 0.2) is 0 Å². The van der Waals surface area contributed by atoms with Crippen molar-refractivity contribution in [1.29, 1.82) is 0 Å². The molecule has 112 valence electrons. The predicted molar refractivity (Wildman–Crippen MR) is 77.2 cm³/mol. The van der Waals surface area contributed by atoms with Gasteiger partial charge in [-0.1, -0.05) is 6.92 Å². The minimum Gasteiger partial charge on any atom is -0.378 e. The Hall–Kier alpha value is -0.650. The molecule has 1 rings (SSSR count). The van der Waals surface area contributed by atoms with Crippen LogP contribution in [0.2, 0.25) is 0 Å². The van der Waals surface area contributed by atoms with Crippen LogP contribution in [0.3, 0.4) is 0 Å². The fraction of sp³-hybridized carbons (Fsp3) is 0.929. The first-order valence-electron chi connectivity index (χ1n) is 7.32. The van der Waals surface area contributed by atoms with Crippen LogP contribution < -0.4 is 10.6 Å². The van der Waals surface area contributed by atoms with E-state index < -0.39 is 0 Å². The number of ether oxygens (including phenoxy) is 1. The molecule has 1 fully saturated rings. The molecule has 0 bridgehead atoms. The number of amides is 1. The molecule has 0 aromatic heterocycles. The molecular formula is C14H29N3O2. The maximum absolute atomic E-state index is 12.3. The van der Waals surface area contributed by atoms with Crippen LogP contribution in [0.1, 0.15) is 26.2 Å². The summed E-state index contributed by atoms with van der Waals surface area (Å²) in [4.78, 5) is 14.4. The standard InChI is InChI=1S/C14H29N3O2/c1-4-14(5-7-15-8-6-14)13(18)16-9-11-19-12-10-17(2)3/h15H,4-12H2,1-3H3,(H,16,18). The van der Waals surface area contributed by atoms with Crippen LogP contribution in [0.25, 0.3) is 0 Å². The molecule has 5 heteroatoms. The molecular weight excluding hydrogens is 242 g/mol. The smallest absolute Gasteiger partial charge is 0.226 e. The van der Waals surface area contributed by atoms with E-state index in [-0.39, 0.29) is 11.3 Å². The van der Waals surface area contributed by atoms with Crippen LogP contribution in [-0.4, -0.2) is 64.3 Å². The van der Waals surface area contributed by atoms with Crippen LogP contribution in [0.5, 0.6) is 0 Å². The number of nitrogens with zero attached hydrogens (tertiary/aromatic N) is 1. The van der Waals surface area contributed by atoms with Crippen molar-refractivity contribution in [3.8, 4) is 0 Å². The van der Waals surface area contributed by atoms with Gasteiger partial charge in [-0.3, -0.25) is 4.79 Å². The van der Waals surface area contributed by atoms with Gasteiger partial charge in [-0.2, -0.15) is 0 Å². The molecule has 1 saturated heterocycles. The molecule has 5 nitrogen and oxygen atoms in total. The maximum atomic E-state index is 12.3. The van der Waals surface area contributed by atoms with Crippen LogP contribution in [0.4, 0.5) is 0 Å². The van der Waals surface area contributed by atoms with Gasteiger partial charge in [0.05, 0.1) is 18.6 Å². The summed E-state index contributed by atoms with van der Waals surface area (Å²) in [6.07, 6.45) is 2.80. The predicted octanol–water partition coefficient (Wildman–Crippen LogP) is 0.461. The lowest BCUT2D eigenvalue weighted by atomic mass is 9.76. The molecule has 0 saturated carbocycles. The zero-order valence-corrected chi connectivity index (χ0v) is 12.6. The lowest BCUT2D eigenvalue weighted by molar-refractivity contribution is -0.133. The zero-order chi connectivity index (χ0) is 14.1. The van der Waals surface area contributed by atoms with Gasteiger partial charge >= 0.3 is 0 Å². The van der Waals surface area contributed by atoms with E-state index in [9.17, 15) is 4.79 Å². The number of piperidine rings is 1. The van der Waals surface area contributed by atoms with Gasteiger partial charge in [0.1, 0.15) is 0 Å². The van der Waals surface area contributed by atoms with E-state index in [1.54, 1.807) is 0 Å². The minimum absolute atomic E-state index is 0.158. The van der Waals surface area contributed by atoms with Crippen molar-refractivity contribution in [2.75, 3.05) is 53.5 Å². The third-order valence-electron chi connectivity index (χ3n) is 3.93. The van der Waals surface area contributed by atoms with Crippen molar-refractivity contribution in [2.45, 2.75) is 26.2 Å². The lowest BCUT2D eigenvalue weighted by Crippen LogP contribution is -2.48. The van der Waals surface area contributed by atoms with E-state index >= 15 is 0 Å². The Morgan fingerprint density at radius 1 is 1.32 bits per heavy atom. The summed E-state index contributed by atoms with van der Waals surface area (Å²) < 4.78 is 5.48. The van der Waals surface area contributed by atoms with Gasteiger partial charge in [0.2, 0.25) is 5.91 Å². The highest BCUT2D eigenvalue weighted by Crippen LogP contribution is 2.32. The summed E-state index contributed by atoms with van der Waals surface area (Å²) in [7, 11) is 4.04. The average Bonchev–Trinajstić information content (AvgIpc) is 2.42. The second-order valence-electron chi connectivity index (χ2n) is 5.56. The molecule has 1 amide bonds. The number of carbonyl (C=O) groups excluding carboxylic acids is 1. The maximum Gasteiger partial charge on any atom is 0.226 e. The Labute approximate surface area is 117 Å².